The van der Waals surface area contributed by atoms with Gasteiger partial charge in [-0.1, -0.05) is 46.2 Å². The van der Waals surface area contributed by atoms with E-state index in [1.807, 2.05) is 24.3 Å². The zero-order chi connectivity index (χ0) is 15.2. The Labute approximate surface area is 127 Å². The van der Waals surface area contributed by atoms with Crippen LogP contribution in [0.25, 0.3) is 0 Å². The fourth-order valence-corrected chi connectivity index (χ4v) is 2.37. The summed E-state index contributed by atoms with van der Waals surface area (Å²) in [4.78, 5) is 12.1. The minimum Gasteiger partial charge on any atom is -0.352 e. The van der Waals surface area contributed by atoms with Crippen molar-refractivity contribution in [1.82, 2.24) is 5.32 Å². The molecule has 0 bridgehead atoms. The lowest BCUT2D eigenvalue weighted by Gasteiger charge is -2.19. The van der Waals surface area contributed by atoms with Crippen molar-refractivity contribution in [2.45, 2.75) is 46.0 Å². The van der Waals surface area contributed by atoms with E-state index in [0.717, 1.165) is 18.4 Å². The van der Waals surface area contributed by atoms with Crippen molar-refractivity contribution in [1.29, 1.82) is 0 Å². The second-order valence-corrected chi connectivity index (χ2v) is 6.67. The molecule has 0 aliphatic heterocycles. The fourth-order valence-electron chi connectivity index (χ4n) is 2.07. The number of halogens is 1. The molecule has 1 atom stereocenters. The summed E-state index contributed by atoms with van der Waals surface area (Å²) in [5.74, 6) is 1.11. The van der Waals surface area contributed by atoms with Crippen molar-refractivity contribution in [3.63, 3.8) is 0 Å². The number of nitrogens with one attached hydrogen (secondary N) is 1. The van der Waals surface area contributed by atoms with Crippen LogP contribution in [-0.4, -0.2) is 18.3 Å². The number of benzene rings is 1. The first kappa shape index (κ1) is 17.0. The maximum Gasteiger partial charge on any atom is 0.251 e. The average Bonchev–Trinajstić information content (AvgIpc) is 2.42. The molecule has 1 rings (SSSR count). The van der Waals surface area contributed by atoms with Gasteiger partial charge in [-0.25, -0.2) is 0 Å². The molecule has 0 aliphatic carbocycles. The van der Waals surface area contributed by atoms with Crippen LogP contribution >= 0.6 is 11.6 Å². The van der Waals surface area contributed by atoms with Crippen molar-refractivity contribution in [2.75, 3.05) is 12.4 Å². The predicted molar refractivity (Wildman–Crippen MR) is 86.6 cm³/mol. The van der Waals surface area contributed by atoms with E-state index >= 15 is 0 Å². The van der Waals surface area contributed by atoms with Crippen LogP contribution in [0.4, 0.5) is 0 Å². The Morgan fingerprint density at radius 1 is 1.25 bits per heavy atom. The first-order chi connectivity index (χ1) is 9.38. The molecule has 0 aliphatic rings. The summed E-state index contributed by atoms with van der Waals surface area (Å²) in [6, 6.07) is 7.87. The predicted octanol–water partition coefficient (Wildman–Crippen LogP) is 4.37. The standard InChI is InChI=1S/C17H26ClNO/c1-5-13(10-11-18)12-19-16(20)14-6-8-15(9-7-14)17(2,3)4/h6-9,13H,5,10-12H2,1-4H3,(H,19,20). The van der Waals surface area contributed by atoms with Gasteiger partial charge < -0.3 is 5.32 Å². The van der Waals surface area contributed by atoms with Gasteiger partial charge in [-0.15, -0.1) is 11.6 Å². The molecular formula is C17H26ClNO. The first-order valence-electron chi connectivity index (χ1n) is 7.33. The van der Waals surface area contributed by atoms with Crippen LogP contribution in [0.1, 0.15) is 56.5 Å². The minimum absolute atomic E-state index is 0.00141. The molecule has 1 aromatic carbocycles. The number of carbonyl (C=O) groups excluding carboxylic acids is 1. The number of alkyl halides is 1. The zero-order valence-corrected chi connectivity index (χ0v) is 13.8. The highest BCUT2D eigenvalue weighted by atomic mass is 35.5. The Bertz CT molecular complexity index is 420. The molecule has 112 valence electrons. The summed E-state index contributed by atoms with van der Waals surface area (Å²) in [5, 5.41) is 3.00. The molecule has 20 heavy (non-hydrogen) atoms. The SMILES string of the molecule is CCC(CCCl)CNC(=O)c1ccc(C(C)(C)C)cc1. The van der Waals surface area contributed by atoms with Gasteiger partial charge in [-0.05, 0) is 35.4 Å². The van der Waals surface area contributed by atoms with Gasteiger partial charge in [0, 0.05) is 18.0 Å². The highest BCUT2D eigenvalue weighted by Gasteiger charge is 2.14. The van der Waals surface area contributed by atoms with Crippen molar-refractivity contribution >= 4 is 17.5 Å². The summed E-state index contributed by atoms with van der Waals surface area (Å²) in [7, 11) is 0. The van der Waals surface area contributed by atoms with Crippen LogP contribution in [0.2, 0.25) is 0 Å². The molecule has 0 spiro atoms. The molecule has 1 N–H and O–H groups in total. The van der Waals surface area contributed by atoms with Crippen LogP contribution in [0, 0.1) is 5.92 Å². The average molecular weight is 296 g/mol. The van der Waals surface area contributed by atoms with Crippen LogP contribution < -0.4 is 5.32 Å². The van der Waals surface area contributed by atoms with E-state index in [9.17, 15) is 4.79 Å². The van der Waals surface area contributed by atoms with E-state index in [1.54, 1.807) is 0 Å². The summed E-state index contributed by atoms with van der Waals surface area (Å²) in [6.45, 7) is 9.32. The first-order valence-corrected chi connectivity index (χ1v) is 7.86. The third-order valence-corrected chi connectivity index (χ3v) is 3.88. The second-order valence-electron chi connectivity index (χ2n) is 6.29. The molecule has 1 aromatic rings. The van der Waals surface area contributed by atoms with E-state index in [1.165, 1.54) is 5.56 Å². The highest BCUT2D eigenvalue weighted by Crippen LogP contribution is 2.22. The number of hydrogen-bond acceptors (Lipinski definition) is 1. The van der Waals surface area contributed by atoms with E-state index in [0.29, 0.717) is 18.3 Å². The Morgan fingerprint density at radius 2 is 1.85 bits per heavy atom. The van der Waals surface area contributed by atoms with Crippen LogP contribution in [0.5, 0.6) is 0 Å². The Hall–Kier alpha value is -1.02. The zero-order valence-electron chi connectivity index (χ0n) is 13.0. The second kappa shape index (κ2) is 7.68. The minimum atomic E-state index is -0.00141. The summed E-state index contributed by atoms with van der Waals surface area (Å²) >= 11 is 5.75. The highest BCUT2D eigenvalue weighted by molar-refractivity contribution is 6.17. The lowest BCUT2D eigenvalue weighted by atomic mass is 9.86. The molecule has 0 heterocycles. The van der Waals surface area contributed by atoms with Gasteiger partial charge in [0.1, 0.15) is 0 Å². The van der Waals surface area contributed by atoms with Gasteiger partial charge in [0.25, 0.3) is 5.91 Å². The van der Waals surface area contributed by atoms with Gasteiger partial charge in [-0.2, -0.15) is 0 Å². The quantitative estimate of drug-likeness (QED) is 0.776. The van der Waals surface area contributed by atoms with Gasteiger partial charge in [0.2, 0.25) is 0 Å². The van der Waals surface area contributed by atoms with Gasteiger partial charge in [0.05, 0.1) is 0 Å². The molecule has 1 unspecified atom stereocenters. The van der Waals surface area contributed by atoms with Gasteiger partial charge in [-0.3, -0.25) is 4.79 Å². The Balaban J connectivity index is 2.60. The molecule has 3 heteroatoms. The number of amides is 1. The topological polar surface area (TPSA) is 29.1 Å². The van der Waals surface area contributed by atoms with Crippen LogP contribution in [0.15, 0.2) is 24.3 Å². The van der Waals surface area contributed by atoms with Gasteiger partial charge in [0.15, 0.2) is 0 Å². The van der Waals surface area contributed by atoms with Crippen molar-refractivity contribution in [3.8, 4) is 0 Å². The van der Waals surface area contributed by atoms with Gasteiger partial charge >= 0.3 is 0 Å². The molecular weight excluding hydrogens is 270 g/mol. The molecule has 2 nitrogen and oxygen atoms in total. The third-order valence-electron chi connectivity index (χ3n) is 3.66. The lowest BCUT2D eigenvalue weighted by Crippen LogP contribution is -2.29. The molecule has 0 fully saturated rings. The van der Waals surface area contributed by atoms with Crippen molar-refractivity contribution < 1.29 is 4.79 Å². The van der Waals surface area contributed by atoms with Crippen LogP contribution in [-0.2, 0) is 5.41 Å². The van der Waals surface area contributed by atoms with E-state index in [2.05, 4.69) is 33.0 Å². The smallest absolute Gasteiger partial charge is 0.251 e. The van der Waals surface area contributed by atoms with Crippen molar-refractivity contribution in [3.05, 3.63) is 35.4 Å². The third kappa shape index (κ3) is 5.16. The monoisotopic (exact) mass is 295 g/mol. The molecule has 0 aromatic heterocycles. The fraction of sp³-hybridized carbons (Fsp3) is 0.588. The normalized spacial score (nSPS) is 13.1. The summed E-state index contributed by atoms with van der Waals surface area (Å²) in [6.07, 6.45) is 1.98. The number of hydrogen-bond donors (Lipinski definition) is 1. The van der Waals surface area contributed by atoms with Crippen LogP contribution in [0.3, 0.4) is 0 Å². The summed E-state index contributed by atoms with van der Waals surface area (Å²) < 4.78 is 0. The number of rotatable bonds is 6. The molecule has 0 radical (unpaired) electrons. The lowest BCUT2D eigenvalue weighted by molar-refractivity contribution is 0.0946. The van der Waals surface area contributed by atoms with Crippen molar-refractivity contribution in [2.24, 2.45) is 5.92 Å². The molecule has 0 saturated carbocycles. The molecule has 1 amide bonds. The summed E-state index contributed by atoms with van der Waals surface area (Å²) in [5.41, 5.74) is 2.07. The van der Waals surface area contributed by atoms with E-state index < -0.39 is 0 Å². The maximum absolute atomic E-state index is 12.1. The molecule has 0 saturated heterocycles. The maximum atomic E-state index is 12.1. The largest absolute Gasteiger partial charge is 0.352 e. The Morgan fingerprint density at radius 3 is 2.30 bits per heavy atom. The van der Waals surface area contributed by atoms with E-state index in [-0.39, 0.29) is 11.3 Å². The Kier molecular flexibility index (Phi) is 6.54. The van der Waals surface area contributed by atoms with E-state index in [4.69, 9.17) is 11.6 Å². The number of carbonyl (C=O) groups is 1.